The summed E-state index contributed by atoms with van der Waals surface area (Å²) in [6.45, 7) is 0. The van der Waals surface area contributed by atoms with Gasteiger partial charge in [0.05, 0.1) is 10.5 Å². The van der Waals surface area contributed by atoms with Crippen LogP contribution < -0.4 is 5.32 Å². The van der Waals surface area contributed by atoms with Crippen molar-refractivity contribution in [3.8, 4) is 5.75 Å². The normalized spacial score (nSPS) is 12.2. The summed E-state index contributed by atoms with van der Waals surface area (Å²) in [5.74, 6) is -2.48. The number of halogens is 2. The molecule has 15 nitrogen and oxygen atoms in total. The Bertz CT molecular complexity index is 1900. The molecular weight excluding hydrogens is 603 g/mol. The van der Waals surface area contributed by atoms with E-state index in [1.807, 2.05) is 0 Å². The van der Waals surface area contributed by atoms with Crippen molar-refractivity contribution in [2.45, 2.75) is 9.79 Å². The monoisotopic (exact) mass is 614 g/mol. The van der Waals surface area contributed by atoms with Gasteiger partial charge in [-0.25, -0.2) is 4.79 Å². The van der Waals surface area contributed by atoms with E-state index in [1.165, 1.54) is 18.2 Å². The summed E-state index contributed by atoms with van der Waals surface area (Å²) in [5.41, 5.74) is -1.67. The van der Waals surface area contributed by atoms with Crippen LogP contribution in [0.25, 0.3) is 10.8 Å². The second kappa shape index (κ2) is 10.3. The molecule has 0 saturated heterocycles. The number of phenols is 1. The number of fused-ring (bicyclic) bond motifs is 1. The minimum Gasteiger partial charge on any atom is -0.505 e. The number of carboxylic acid groups (broad SMARTS) is 1. The van der Waals surface area contributed by atoms with Gasteiger partial charge in [-0.05, 0) is 65.0 Å². The van der Waals surface area contributed by atoms with Crippen LogP contribution in [0.15, 0.2) is 62.5 Å². The lowest BCUT2D eigenvalue weighted by Crippen LogP contribution is -2.03. The molecule has 5 N–H and O–H groups in total. The number of aromatic carboxylic acids is 1. The summed E-state index contributed by atoms with van der Waals surface area (Å²) in [6, 6.07) is 7.48. The van der Waals surface area contributed by atoms with Crippen LogP contribution in [0.4, 0.5) is 23.0 Å². The first-order chi connectivity index (χ1) is 18.1. The zero-order chi connectivity index (χ0) is 28.7. The maximum Gasteiger partial charge on any atom is 0.338 e. The number of hydrogen-bond acceptors (Lipinski definition) is 12. The lowest BCUT2D eigenvalue weighted by molar-refractivity contribution is 0.0697. The molecule has 0 radical (unpaired) electrons. The number of phenolic OH excluding ortho intramolecular Hbond substituents is 1. The van der Waals surface area contributed by atoms with E-state index in [-0.39, 0.29) is 33.0 Å². The molecule has 3 aromatic carbocycles. The van der Waals surface area contributed by atoms with E-state index in [2.05, 4.69) is 30.5 Å². The van der Waals surface area contributed by atoms with Crippen molar-refractivity contribution >= 4 is 83.2 Å². The van der Waals surface area contributed by atoms with E-state index in [4.69, 9.17) is 27.8 Å². The minimum atomic E-state index is -4.99. The van der Waals surface area contributed by atoms with Gasteiger partial charge in [0.25, 0.3) is 20.2 Å². The molecule has 0 aliphatic heterocycles. The first-order valence-electron chi connectivity index (χ1n) is 10.0. The number of aromatic nitrogens is 3. The number of benzene rings is 3. The van der Waals surface area contributed by atoms with Gasteiger partial charge in [-0.1, -0.05) is 6.07 Å². The van der Waals surface area contributed by atoms with Gasteiger partial charge in [0.15, 0.2) is 5.75 Å². The van der Waals surface area contributed by atoms with Crippen molar-refractivity contribution in [2.24, 2.45) is 10.2 Å². The van der Waals surface area contributed by atoms with Crippen LogP contribution in [0.3, 0.4) is 0 Å². The maximum absolute atomic E-state index is 12.1. The third-order valence-electron chi connectivity index (χ3n) is 4.92. The van der Waals surface area contributed by atoms with Crippen molar-refractivity contribution < 1.29 is 40.9 Å². The molecule has 19 heteroatoms. The fourth-order valence-corrected chi connectivity index (χ4v) is 4.79. The number of nitrogens with one attached hydrogen (secondary N) is 1. The minimum absolute atomic E-state index is 0.00720. The lowest BCUT2D eigenvalue weighted by atomic mass is 10.1. The highest BCUT2D eigenvalue weighted by Crippen LogP contribution is 2.42. The Hall–Kier alpha value is -4.00. The van der Waals surface area contributed by atoms with E-state index >= 15 is 0 Å². The summed E-state index contributed by atoms with van der Waals surface area (Å²) in [4.78, 5) is 21.3. The van der Waals surface area contributed by atoms with Gasteiger partial charge in [-0.15, -0.1) is 10.2 Å². The topological polar surface area (TPSA) is 242 Å². The Labute approximate surface area is 228 Å². The van der Waals surface area contributed by atoms with Crippen molar-refractivity contribution in [1.29, 1.82) is 0 Å². The van der Waals surface area contributed by atoms with Crippen LogP contribution in [0.1, 0.15) is 10.4 Å². The zero-order valence-electron chi connectivity index (χ0n) is 18.7. The number of carbonyl (C=O) groups is 1. The molecule has 4 rings (SSSR count). The predicted octanol–water partition coefficient (Wildman–Crippen LogP) is 4.39. The number of hydrogen-bond donors (Lipinski definition) is 5. The summed E-state index contributed by atoms with van der Waals surface area (Å²) >= 11 is 11.5. The fraction of sp³-hybridized carbons (Fsp3) is 0. The van der Waals surface area contributed by atoms with Gasteiger partial charge >= 0.3 is 5.97 Å². The van der Waals surface area contributed by atoms with Crippen molar-refractivity contribution in [2.75, 3.05) is 5.32 Å². The second-order valence-corrected chi connectivity index (χ2v) is 11.0. The molecule has 0 aliphatic rings. The molecule has 0 unspecified atom stereocenters. The number of nitrogens with zero attached hydrogens (tertiary/aromatic N) is 5. The standard InChI is InChI=1S/C20H12Cl2N6O9S2/c21-18-24-19(22)26-20(25-18)23-9-2-1-8-5-14(39(35,36)37)15(16(29)11(8)6-9)28-27-13-4-3-10(38(32,33)34)7-12(13)17(30)31/h1-7,29H,(H,30,31)(H,32,33,34)(H,35,36,37)(H,23,24,25,26). The van der Waals surface area contributed by atoms with Crippen LogP contribution in [0.2, 0.25) is 10.6 Å². The molecule has 0 fully saturated rings. The van der Waals surface area contributed by atoms with Crippen molar-refractivity contribution in [3.63, 3.8) is 0 Å². The van der Waals surface area contributed by atoms with Gasteiger partial charge < -0.3 is 15.5 Å². The Morgan fingerprint density at radius 1 is 0.872 bits per heavy atom. The number of aromatic hydroxyl groups is 1. The van der Waals surface area contributed by atoms with Gasteiger partial charge in [0.2, 0.25) is 16.5 Å². The summed E-state index contributed by atoms with van der Waals surface area (Å²) in [7, 11) is -9.74. The van der Waals surface area contributed by atoms with Gasteiger partial charge in [-0.2, -0.15) is 31.8 Å². The molecular formula is C20H12Cl2N6O9S2. The molecule has 0 spiro atoms. The average molecular weight is 615 g/mol. The van der Waals surface area contributed by atoms with Crippen molar-refractivity contribution in [1.82, 2.24) is 15.0 Å². The Morgan fingerprint density at radius 3 is 2.13 bits per heavy atom. The Kier molecular flexibility index (Phi) is 7.39. The third kappa shape index (κ3) is 6.19. The van der Waals surface area contributed by atoms with Crippen LogP contribution in [0, 0.1) is 0 Å². The van der Waals surface area contributed by atoms with E-state index in [1.54, 1.807) is 0 Å². The average Bonchev–Trinajstić information content (AvgIpc) is 2.81. The molecule has 1 aromatic heterocycles. The fourth-order valence-electron chi connectivity index (χ4n) is 3.26. The molecule has 1 heterocycles. The molecule has 39 heavy (non-hydrogen) atoms. The molecule has 4 aromatic rings. The van der Waals surface area contributed by atoms with Crippen molar-refractivity contribution in [3.05, 3.63) is 58.6 Å². The molecule has 0 amide bonds. The number of carboxylic acids is 1. The summed E-state index contributed by atoms with van der Waals surface area (Å²) < 4.78 is 65.7. The molecule has 0 aliphatic carbocycles. The zero-order valence-corrected chi connectivity index (χ0v) is 21.8. The van der Waals surface area contributed by atoms with Gasteiger partial charge in [0, 0.05) is 11.1 Å². The lowest BCUT2D eigenvalue weighted by Gasteiger charge is -2.11. The highest BCUT2D eigenvalue weighted by molar-refractivity contribution is 7.86. The van der Waals surface area contributed by atoms with E-state index in [9.17, 15) is 36.4 Å². The SMILES string of the molecule is O=C(O)c1cc(S(=O)(=O)O)ccc1N=Nc1c(S(=O)(=O)O)cc2ccc(Nc3nc(Cl)nc(Cl)n3)cc2c1O. The highest BCUT2D eigenvalue weighted by atomic mass is 35.5. The largest absolute Gasteiger partial charge is 0.505 e. The van der Waals surface area contributed by atoms with E-state index in [0.717, 1.165) is 18.2 Å². The van der Waals surface area contributed by atoms with Gasteiger partial charge in [-0.3, -0.25) is 9.11 Å². The number of azo groups is 1. The predicted molar refractivity (Wildman–Crippen MR) is 136 cm³/mol. The molecule has 202 valence electrons. The van der Waals surface area contributed by atoms with Gasteiger partial charge in [0.1, 0.15) is 16.3 Å². The second-order valence-electron chi connectivity index (χ2n) is 7.46. The van der Waals surface area contributed by atoms with Crippen LogP contribution >= 0.6 is 23.2 Å². The van der Waals surface area contributed by atoms with E-state index < -0.39 is 58.7 Å². The van der Waals surface area contributed by atoms with Crippen LogP contribution in [0.5, 0.6) is 5.75 Å². The first kappa shape index (κ1) is 28.0. The Balaban J connectivity index is 1.86. The third-order valence-corrected chi connectivity index (χ3v) is 6.98. The first-order valence-corrected chi connectivity index (χ1v) is 13.6. The molecule has 0 atom stereocenters. The molecule has 0 bridgehead atoms. The van der Waals surface area contributed by atoms with Crippen LogP contribution in [-0.2, 0) is 20.2 Å². The van der Waals surface area contributed by atoms with Crippen LogP contribution in [-0.4, -0.2) is 57.1 Å². The Morgan fingerprint density at radius 2 is 1.54 bits per heavy atom. The van der Waals surface area contributed by atoms with E-state index in [0.29, 0.717) is 6.07 Å². The molecule has 0 saturated carbocycles. The maximum atomic E-state index is 12.1. The summed E-state index contributed by atoms with van der Waals surface area (Å²) in [6.07, 6.45) is 0. The smallest absolute Gasteiger partial charge is 0.338 e. The highest BCUT2D eigenvalue weighted by Gasteiger charge is 2.23. The number of rotatable bonds is 7. The summed E-state index contributed by atoms with van der Waals surface area (Å²) in [5, 5.41) is 30.1. The number of anilines is 2. The quantitative estimate of drug-likeness (QED) is 0.143.